The summed E-state index contributed by atoms with van der Waals surface area (Å²) in [6, 6.07) is 0. The smallest absolute Gasteiger partial charge is 0.430 e. The topological polar surface area (TPSA) is 53.6 Å². The van der Waals surface area contributed by atoms with Gasteiger partial charge in [-0.05, 0) is 20.3 Å². The SMILES string of the molecule is CCCOC(OCC)(C(=O)OCC)n1cc[n+](C)c1.[Br-]. The number of halogens is 1. The van der Waals surface area contributed by atoms with Crippen molar-refractivity contribution in [2.75, 3.05) is 19.8 Å². The number of aromatic nitrogens is 2. The van der Waals surface area contributed by atoms with Crippen molar-refractivity contribution in [2.45, 2.75) is 33.1 Å². The van der Waals surface area contributed by atoms with Gasteiger partial charge in [0.15, 0.2) is 0 Å². The van der Waals surface area contributed by atoms with Crippen LogP contribution in [0.1, 0.15) is 27.2 Å². The van der Waals surface area contributed by atoms with E-state index in [2.05, 4.69) is 0 Å². The monoisotopic (exact) mass is 350 g/mol. The third-order valence-electron chi connectivity index (χ3n) is 2.48. The first-order chi connectivity index (χ1) is 9.10. The molecule has 0 aromatic carbocycles. The number of carbonyl (C=O) groups is 1. The number of ether oxygens (including phenoxy) is 3. The first-order valence-electron chi connectivity index (χ1n) is 6.59. The summed E-state index contributed by atoms with van der Waals surface area (Å²) in [6.45, 7) is 6.55. The van der Waals surface area contributed by atoms with E-state index in [0.29, 0.717) is 13.2 Å². The Labute approximate surface area is 130 Å². The van der Waals surface area contributed by atoms with Gasteiger partial charge in [-0.15, -0.1) is 0 Å². The fraction of sp³-hybridized carbons (Fsp3) is 0.692. The average molecular weight is 351 g/mol. The van der Waals surface area contributed by atoms with E-state index in [9.17, 15) is 4.79 Å². The Balaban J connectivity index is 0.00000361. The van der Waals surface area contributed by atoms with Gasteiger partial charge in [0.2, 0.25) is 6.33 Å². The van der Waals surface area contributed by atoms with E-state index in [4.69, 9.17) is 14.2 Å². The van der Waals surface area contributed by atoms with Crippen molar-refractivity contribution >= 4 is 5.97 Å². The predicted molar refractivity (Wildman–Crippen MR) is 68.1 cm³/mol. The minimum atomic E-state index is -1.54. The number of hydrogen-bond acceptors (Lipinski definition) is 4. The van der Waals surface area contributed by atoms with Crippen LogP contribution >= 0.6 is 0 Å². The second-order valence-electron chi connectivity index (χ2n) is 4.07. The summed E-state index contributed by atoms with van der Waals surface area (Å²) in [5.74, 6) is -2.08. The van der Waals surface area contributed by atoms with Crippen LogP contribution in [0.2, 0.25) is 0 Å². The Kier molecular flexibility index (Phi) is 8.68. The van der Waals surface area contributed by atoms with E-state index in [-0.39, 0.29) is 23.6 Å². The van der Waals surface area contributed by atoms with Crippen LogP contribution in [0.25, 0.3) is 0 Å². The highest BCUT2D eigenvalue weighted by Crippen LogP contribution is 2.22. The van der Waals surface area contributed by atoms with Gasteiger partial charge in [0.05, 0.1) is 26.9 Å². The van der Waals surface area contributed by atoms with Crippen molar-refractivity contribution in [1.29, 1.82) is 0 Å². The lowest BCUT2D eigenvalue weighted by molar-refractivity contribution is -0.671. The van der Waals surface area contributed by atoms with Gasteiger partial charge in [-0.3, -0.25) is 0 Å². The molecule has 0 radical (unpaired) electrons. The molecule has 1 aromatic heterocycles. The molecule has 0 fully saturated rings. The van der Waals surface area contributed by atoms with Crippen LogP contribution in [0.15, 0.2) is 18.7 Å². The van der Waals surface area contributed by atoms with Crippen molar-refractivity contribution in [3.05, 3.63) is 18.7 Å². The first-order valence-corrected chi connectivity index (χ1v) is 6.59. The lowest BCUT2D eigenvalue weighted by Crippen LogP contribution is -3.00. The summed E-state index contributed by atoms with van der Waals surface area (Å²) in [4.78, 5) is 12.3. The molecular weight excluding hydrogens is 328 g/mol. The number of aryl methyl sites for hydroxylation is 1. The summed E-state index contributed by atoms with van der Waals surface area (Å²) < 4.78 is 19.8. The number of hydrogen-bond donors (Lipinski definition) is 0. The molecule has 1 heterocycles. The summed E-state index contributed by atoms with van der Waals surface area (Å²) in [5.41, 5.74) is 0. The van der Waals surface area contributed by atoms with Crippen molar-refractivity contribution in [3.63, 3.8) is 0 Å². The molecule has 1 unspecified atom stereocenters. The summed E-state index contributed by atoms with van der Waals surface area (Å²) in [5, 5.41) is 0. The molecule has 0 aliphatic carbocycles. The zero-order chi connectivity index (χ0) is 14.3. The van der Waals surface area contributed by atoms with E-state index < -0.39 is 11.9 Å². The number of nitrogens with zero attached hydrogens (tertiary/aromatic N) is 2. The predicted octanol–water partition coefficient (Wildman–Crippen LogP) is -2.05. The van der Waals surface area contributed by atoms with Crippen molar-refractivity contribution in [2.24, 2.45) is 7.05 Å². The van der Waals surface area contributed by atoms with E-state index in [1.807, 2.05) is 31.7 Å². The van der Waals surface area contributed by atoms with Gasteiger partial charge in [-0.1, -0.05) is 6.92 Å². The van der Waals surface area contributed by atoms with Gasteiger partial charge < -0.3 is 31.2 Å². The van der Waals surface area contributed by atoms with Crippen LogP contribution in [0.4, 0.5) is 0 Å². The highest BCUT2D eigenvalue weighted by molar-refractivity contribution is 5.75. The third-order valence-corrected chi connectivity index (χ3v) is 2.48. The molecule has 0 bridgehead atoms. The highest BCUT2D eigenvalue weighted by Gasteiger charge is 2.50. The molecule has 116 valence electrons. The van der Waals surface area contributed by atoms with Crippen LogP contribution in [0.5, 0.6) is 0 Å². The molecule has 0 amide bonds. The van der Waals surface area contributed by atoms with E-state index in [1.54, 1.807) is 24.0 Å². The molecule has 0 spiro atoms. The van der Waals surface area contributed by atoms with Crippen molar-refractivity contribution in [1.82, 2.24) is 4.57 Å². The standard InChI is InChI=1S/C13H23N2O4.BrH/c1-5-10-19-13(18-7-3,12(16)17-6-2)15-9-8-14(4)11-15;/h8-9,11H,5-7,10H2,1-4H3;1H/q+1;/p-1. The number of esters is 1. The zero-order valence-electron chi connectivity index (χ0n) is 12.5. The van der Waals surface area contributed by atoms with Crippen LogP contribution < -0.4 is 21.5 Å². The van der Waals surface area contributed by atoms with E-state index in [1.165, 1.54) is 0 Å². The second kappa shape index (κ2) is 9.10. The van der Waals surface area contributed by atoms with Crippen LogP contribution in [-0.2, 0) is 32.0 Å². The third kappa shape index (κ3) is 4.29. The minimum absolute atomic E-state index is 0. The first kappa shape index (κ1) is 19.1. The molecule has 0 aliphatic rings. The molecule has 6 nitrogen and oxygen atoms in total. The minimum Gasteiger partial charge on any atom is -1.00 e. The Morgan fingerprint density at radius 3 is 2.40 bits per heavy atom. The molecule has 1 aromatic rings. The highest BCUT2D eigenvalue weighted by atomic mass is 79.9. The normalized spacial score (nSPS) is 13.4. The molecule has 1 rings (SSSR count). The number of carbonyl (C=O) groups excluding carboxylic acids is 1. The largest absolute Gasteiger partial charge is 1.00 e. The van der Waals surface area contributed by atoms with Gasteiger partial charge >= 0.3 is 11.9 Å². The van der Waals surface area contributed by atoms with Gasteiger partial charge in [-0.25, -0.2) is 9.36 Å². The molecular formula is C13H23BrN2O4. The summed E-state index contributed by atoms with van der Waals surface area (Å²) >= 11 is 0. The number of imidazole rings is 1. The summed E-state index contributed by atoms with van der Waals surface area (Å²) in [6.07, 6.45) is 6.04. The maximum atomic E-state index is 12.3. The van der Waals surface area contributed by atoms with Crippen LogP contribution in [0.3, 0.4) is 0 Å². The molecule has 0 aliphatic heterocycles. The fourth-order valence-electron chi connectivity index (χ4n) is 1.70. The lowest BCUT2D eigenvalue weighted by atomic mass is 10.4. The Hall–Kier alpha value is -0.920. The molecule has 0 saturated carbocycles. The van der Waals surface area contributed by atoms with Crippen molar-refractivity contribution < 1.29 is 40.6 Å². The van der Waals surface area contributed by atoms with Gasteiger partial charge in [-0.2, -0.15) is 4.57 Å². The summed E-state index contributed by atoms with van der Waals surface area (Å²) in [7, 11) is 1.86. The van der Waals surface area contributed by atoms with Crippen LogP contribution in [0, 0.1) is 0 Å². The fourth-order valence-corrected chi connectivity index (χ4v) is 1.70. The van der Waals surface area contributed by atoms with E-state index in [0.717, 1.165) is 6.42 Å². The lowest BCUT2D eigenvalue weighted by Gasteiger charge is -2.26. The zero-order valence-corrected chi connectivity index (χ0v) is 14.1. The maximum absolute atomic E-state index is 12.3. The van der Waals surface area contributed by atoms with Gasteiger partial charge in [0.1, 0.15) is 12.4 Å². The molecule has 7 heteroatoms. The Bertz CT molecular complexity index is 411. The van der Waals surface area contributed by atoms with Gasteiger partial charge in [0, 0.05) is 0 Å². The van der Waals surface area contributed by atoms with Crippen LogP contribution in [-0.4, -0.2) is 30.4 Å². The Morgan fingerprint density at radius 1 is 1.25 bits per heavy atom. The maximum Gasteiger partial charge on any atom is 0.430 e. The van der Waals surface area contributed by atoms with E-state index >= 15 is 0 Å². The molecule has 0 N–H and O–H groups in total. The number of rotatable bonds is 8. The molecule has 1 atom stereocenters. The quantitative estimate of drug-likeness (QED) is 0.308. The second-order valence-corrected chi connectivity index (χ2v) is 4.07. The molecule has 20 heavy (non-hydrogen) atoms. The average Bonchev–Trinajstić information content (AvgIpc) is 2.82. The van der Waals surface area contributed by atoms with Gasteiger partial charge in [0.25, 0.3) is 0 Å². The van der Waals surface area contributed by atoms with Crippen molar-refractivity contribution in [3.8, 4) is 0 Å². The molecule has 0 saturated heterocycles. The Morgan fingerprint density at radius 2 is 1.95 bits per heavy atom.